The van der Waals surface area contributed by atoms with Crippen molar-refractivity contribution < 1.29 is 12.6 Å². The number of hydrogen-bond acceptors (Lipinski definition) is 3. The number of aryl methyl sites for hydroxylation is 1. The predicted octanol–water partition coefficient (Wildman–Crippen LogP) is 2.73. The van der Waals surface area contributed by atoms with Crippen molar-refractivity contribution in [2.45, 2.75) is 33.3 Å². The first-order valence-electron chi connectivity index (χ1n) is 5.29. The fourth-order valence-electron chi connectivity index (χ4n) is 1.67. The SMILES string of the molecule is CCC(OS(C)(=O)=O)c1cccc(C)c1C. The third kappa shape index (κ3) is 3.32. The Morgan fingerprint density at radius 2 is 1.94 bits per heavy atom. The fraction of sp³-hybridized carbons (Fsp3) is 0.500. The third-order valence-corrected chi connectivity index (χ3v) is 3.24. The van der Waals surface area contributed by atoms with Crippen LogP contribution in [-0.2, 0) is 14.3 Å². The van der Waals surface area contributed by atoms with E-state index in [9.17, 15) is 8.42 Å². The van der Waals surface area contributed by atoms with Crippen LogP contribution in [0, 0.1) is 13.8 Å². The molecule has 1 unspecified atom stereocenters. The Morgan fingerprint density at radius 1 is 1.31 bits per heavy atom. The molecule has 0 amide bonds. The summed E-state index contributed by atoms with van der Waals surface area (Å²) in [6, 6.07) is 5.85. The highest BCUT2D eigenvalue weighted by molar-refractivity contribution is 7.86. The molecule has 0 saturated carbocycles. The maximum absolute atomic E-state index is 11.1. The Labute approximate surface area is 97.6 Å². The van der Waals surface area contributed by atoms with Gasteiger partial charge in [0.15, 0.2) is 0 Å². The fourth-order valence-corrected chi connectivity index (χ4v) is 2.34. The number of hydrogen-bond donors (Lipinski definition) is 0. The summed E-state index contributed by atoms with van der Waals surface area (Å²) in [4.78, 5) is 0. The lowest BCUT2D eigenvalue weighted by Crippen LogP contribution is -2.11. The predicted molar refractivity (Wildman–Crippen MR) is 64.9 cm³/mol. The number of rotatable bonds is 4. The van der Waals surface area contributed by atoms with E-state index in [1.807, 2.05) is 39.0 Å². The largest absolute Gasteiger partial charge is 0.264 e. The van der Waals surface area contributed by atoms with E-state index in [1.165, 1.54) is 0 Å². The normalized spacial score (nSPS) is 13.8. The molecule has 0 radical (unpaired) electrons. The highest BCUT2D eigenvalue weighted by atomic mass is 32.2. The van der Waals surface area contributed by atoms with E-state index < -0.39 is 10.1 Å². The Morgan fingerprint density at radius 3 is 2.44 bits per heavy atom. The molecule has 0 N–H and O–H groups in total. The zero-order chi connectivity index (χ0) is 12.3. The summed E-state index contributed by atoms with van der Waals surface area (Å²) in [7, 11) is -3.41. The lowest BCUT2D eigenvalue weighted by atomic mass is 9.98. The average Bonchev–Trinajstić information content (AvgIpc) is 2.18. The second kappa shape index (κ2) is 4.97. The van der Waals surface area contributed by atoms with Gasteiger partial charge >= 0.3 is 0 Å². The first-order chi connectivity index (χ1) is 7.35. The summed E-state index contributed by atoms with van der Waals surface area (Å²) in [5.74, 6) is 0. The molecular weight excluding hydrogens is 224 g/mol. The van der Waals surface area contributed by atoms with Gasteiger partial charge < -0.3 is 0 Å². The summed E-state index contributed by atoms with van der Waals surface area (Å²) >= 11 is 0. The van der Waals surface area contributed by atoms with Crippen LogP contribution in [0.2, 0.25) is 0 Å². The molecular formula is C12H18O3S. The minimum atomic E-state index is -3.41. The Balaban J connectivity index is 3.09. The first kappa shape index (κ1) is 13.2. The van der Waals surface area contributed by atoms with Crippen molar-refractivity contribution >= 4 is 10.1 Å². The van der Waals surface area contributed by atoms with Gasteiger partial charge in [0.05, 0.1) is 6.26 Å². The van der Waals surface area contributed by atoms with E-state index in [0.717, 1.165) is 22.9 Å². The molecule has 0 aliphatic heterocycles. The van der Waals surface area contributed by atoms with Gasteiger partial charge in [0.25, 0.3) is 10.1 Å². The minimum Gasteiger partial charge on any atom is -0.262 e. The summed E-state index contributed by atoms with van der Waals surface area (Å²) in [5.41, 5.74) is 3.19. The van der Waals surface area contributed by atoms with Gasteiger partial charge in [-0.3, -0.25) is 4.18 Å². The summed E-state index contributed by atoms with van der Waals surface area (Å²) in [6.07, 6.45) is 1.34. The molecule has 0 aromatic heterocycles. The monoisotopic (exact) mass is 242 g/mol. The maximum Gasteiger partial charge on any atom is 0.264 e. The van der Waals surface area contributed by atoms with Crippen molar-refractivity contribution in [3.05, 3.63) is 34.9 Å². The van der Waals surface area contributed by atoms with Gasteiger partial charge in [0.2, 0.25) is 0 Å². The highest BCUT2D eigenvalue weighted by Gasteiger charge is 2.18. The molecule has 0 bridgehead atoms. The molecule has 0 aliphatic carbocycles. The van der Waals surface area contributed by atoms with Gasteiger partial charge in [-0.2, -0.15) is 8.42 Å². The van der Waals surface area contributed by atoms with Crippen molar-refractivity contribution in [3.63, 3.8) is 0 Å². The van der Waals surface area contributed by atoms with Gasteiger partial charge in [-0.25, -0.2) is 0 Å². The quantitative estimate of drug-likeness (QED) is 0.762. The van der Waals surface area contributed by atoms with Crippen molar-refractivity contribution in [3.8, 4) is 0 Å². The summed E-state index contributed by atoms with van der Waals surface area (Å²) < 4.78 is 27.4. The first-order valence-corrected chi connectivity index (χ1v) is 7.11. The van der Waals surface area contributed by atoms with Gasteiger partial charge in [0, 0.05) is 0 Å². The van der Waals surface area contributed by atoms with E-state index in [2.05, 4.69) is 0 Å². The molecule has 0 aliphatic rings. The number of benzene rings is 1. The van der Waals surface area contributed by atoms with Crippen LogP contribution in [-0.4, -0.2) is 14.7 Å². The van der Waals surface area contributed by atoms with Crippen LogP contribution in [0.4, 0.5) is 0 Å². The van der Waals surface area contributed by atoms with E-state index >= 15 is 0 Å². The Bertz CT molecular complexity index is 463. The second-order valence-corrected chi connectivity index (χ2v) is 5.59. The Hall–Kier alpha value is -0.870. The molecule has 16 heavy (non-hydrogen) atoms. The van der Waals surface area contributed by atoms with E-state index in [4.69, 9.17) is 4.18 Å². The van der Waals surface area contributed by atoms with Crippen LogP contribution in [0.1, 0.15) is 36.1 Å². The lowest BCUT2D eigenvalue weighted by molar-refractivity contribution is 0.210. The van der Waals surface area contributed by atoms with Crippen molar-refractivity contribution in [2.75, 3.05) is 6.26 Å². The van der Waals surface area contributed by atoms with Crippen LogP contribution < -0.4 is 0 Å². The molecule has 1 atom stereocenters. The standard InChI is InChI=1S/C12H18O3S/c1-5-12(15-16(4,13)14)11-8-6-7-9(2)10(11)3/h6-8,12H,5H2,1-4H3. The minimum absolute atomic E-state index is 0.380. The van der Waals surface area contributed by atoms with Crippen molar-refractivity contribution in [2.24, 2.45) is 0 Å². The van der Waals surface area contributed by atoms with E-state index in [-0.39, 0.29) is 6.10 Å². The van der Waals surface area contributed by atoms with Crippen molar-refractivity contribution in [1.82, 2.24) is 0 Å². The van der Waals surface area contributed by atoms with E-state index in [0.29, 0.717) is 6.42 Å². The topological polar surface area (TPSA) is 43.4 Å². The van der Waals surface area contributed by atoms with Gasteiger partial charge in [-0.15, -0.1) is 0 Å². The van der Waals surface area contributed by atoms with E-state index in [1.54, 1.807) is 0 Å². The molecule has 0 fully saturated rings. The average molecular weight is 242 g/mol. The lowest BCUT2D eigenvalue weighted by Gasteiger charge is -2.18. The third-order valence-electron chi connectivity index (χ3n) is 2.66. The molecule has 1 aromatic rings. The molecule has 3 nitrogen and oxygen atoms in total. The van der Waals surface area contributed by atoms with Gasteiger partial charge in [-0.1, -0.05) is 25.1 Å². The maximum atomic E-state index is 11.1. The molecule has 90 valence electrons. The smallest absolute Gasteiger partial charge is 0.262 e. The van der Waals surface area contributed by atoms with Crippen LogP contribution in [0.25, 0.3) is 0 Å². The van der Waals surface area contributed by atoms with Crippen LogP contribution in [0.3, 0.4) is 0 Å². The zero-order valence-corrected chi connectivity index (χ0v) is 11.0. The summed E-state index contributed by atoms with van der Waals surface area (Å²) in [5, 5.41) is 0. The second-order valence-electron chi connectivity index (χ2n) is 3.99. The van der Waals surface area contributed by atoms with Gasteiger partial charge in [-0.05, 0) is 37.0 Å². The molecule has 0 spiro atoms. The molecule has 0 heterocycles. The summed E-state index contributed by atoms with van der Waals surface area (Å²) in [6.45, 7) is 5.91. The molecule has 4 heteroatoms. The zero-order valence-electron chi connectivity index (χ0n) is 10.1. The molecule has 0 saturated heterocycles. The van der Waals surface area contributed by atoms with Crippen LogP contribution >= 0.6 is 0 Å². The molecule has 1 rings (SSSR count). The molecule has 1 aromatic carbocycles. The van der Waals surface area contributed by atoms with Gasteiger partial charge in [0.1, 0.15) is 6.10 Å². The van der Waals surface area contributed by atoms with Crippen LogP contribution in [0.15, 0.2) is 18.2 Å². The van der Waals surface area contributed by atoms with Crippen LogP contribution in [0.5, 0.6) is 0 Å². The van der Waals surface area contributed by atoms with Crippen molar-refractivity contribution in [1.29, 1.82) is 0 Å². The highest BCUT2D eigenvalue weighted by Crippen LogP contribution is 2.27. The Kier molecular flexibility index (Phi) is 4.10.